The van der Waals surface area contributed by atoms with Crippen LogP contribution in [0.2, 0.25) is 0 Å². The number of methoxy groups -OCH3 is 1. The van der Waals surface area contributed by atoms with Crippen LogP contribution in [0, 0.1) is 0 Å². The molecule has 1 aromatic rings. The van der Waals surface area contributed by atoms with Gasteiger partial charge in [0.05, 0.1) is 19.7 Å². The Morgan fingerprint density at radius 2 is 2.16 bits per heavy atom. The molecule has 8 nitrogen and oxygen atoms in total. The van der Waals surface area contributed by atoms with Crippen molar-refractivity contribution in [2.24, 2.45) is 0 Å². The number of nitrogens with one attached hydrogen (secondary N) is 1. The Hall–Kier alpha value is -1.61. The molecule has 1 aromatic heterocycles. The average molecular weight is 290 g/mol. The van der Waals surface area contributed by atoms with E-state index in [4.69, 9.17) is 5.73 Å². The summed E-state index contributed by atoms with van der Waals surface area (Å²) in [5.41, 5.74) is 5.02. The van der Waals surface area contributed by atoms with Crippen molar-refractivity contribution < 1.29 is 17.9 Å². The number of carbonyl (C=O) groups excluding carboxylic acids is 1. The number of carbonyl (C=O) groups is 1. The van der Waals surface area contributed by atoms with Crippen LogP contribution >= 0.6 is 0 Å². The number of rotatable bonds is 5. The van der Waals surface area contributed by atoms with E-state index in [1.807, 2.05) is 0 Å². The second-order valence-corrected chi connectivity index (χ2v) is 6.60. The Kier molecular flexibility index (Phi) is 4.21. The van der Waals surface area contributed by atoms with Crippen LogP contribution in [0.25, 0.3) is 0 Å². The highest BCUT2D eigenvalue weighted by Crippen LogP contribution is 2.16. The van der Waals surface area contributed by atoms with E-state index in [2.05, 4.69) is 14.4 Å². The van der Waals surface area contributed by atoms with Gasteiger partial charge in [0, 0.05) is 12.1 Å². The minimum absolute atomic E-state index is 0.0117. The number of aromatic nitrogens is 2. The van der Waals surface area contributed by atoms with Gasteiger partial charge in [-0.25, -0.2) is 22.9 Å². The first-order valence-corrected chi connectivity index (χ1v) is 7.33. The number of hydrogen-bond acceptors (Lipinski definition) is 6. The first-order chi connectivity index (χ1) is 8.56. The maximum Gasteiger partial charge on any atom is 0.360 e. The van der Waals surface area contributed by atoms with Gasteiger partial charge in [-0.3, -0.25) is 0 Å². The smallest absolute Gasteiger partial charge is 0.360 e. The van der Waals surface area contributed by atoms with Crippen molar-refractivity contribution in [1.82, 2.24) is 14.3 Å². The second-order valence-electron chi connectivity index (χ2n) is 4.86. The van der Waals surface area contributed by atoms with Crippen LogP contribution in [0.15, 0.2) is 6.33 Å². The molecule has 1 heterocycles. The third-order valence-corrected chi connectivity index (χ3v) is 3.21. The van der Waals surface area contributed by atoms with Gasteiger partial charge in [-0.1, -0.05) is 0 Å². The van der Waals surface area contributed by atoms with Gasteiger partial charge in [0.2, 0.25) is 10.0 Å². The van der Waals surface area contributed by atoms with Crippen molar-refractivity contribution in [3.63, 3.8) is 0 Å². The molecule has 0 atom stereocenters. The molecule has 0 fully saturated rings. The summed E-state index contributed by atoms with van der Waals surface area (Å²) in [7, 11) is -2.11. The van der Waals surface area contributed by atoms with Gasteiger partial charge in [-0.05, 0) is 13.8 Å². The number of nitrogen functional groups attached to an aromatic ring is 1. The summed E-state index contributed by atoms with van der Waals surface area (Å²) in [6.07, 6.45) is 2.44. The number of nitrogens with zero attached hydrogens (tertiary/aromatic N) is 2. The third-order valence-electron chi connectivity index (χ3n) is 2.28. The SMILES string of the molecule is COC(=O)c1ncn(CC(C)(C)NS(C)(=O)=O)c1N. The number of ether oxygens (including phenoxy) is 1. The zero-order valence-corrected chi connectivity index (χ0v) is 12.1. The number of anilines is 1. The summed E-state index contributed by atoms with van der Waals surface area (Å²) >= 11 is 0. The summed E-state index contributed by atoms with van der Waals surface area (Å²) < 4.78 is 31.0. The maximum absolute atomic E-state index is 11.4. The Bertz CT molecular complexity index is 576. The van der Waals surface area contributed by atoms with Gasteiger partial charge < -0.3 is 15.0 Å². The highest BCUT2D eigenvalue weighted by atomic mass is 32.2. The molecule has 0 saturated heterocycles. The predicted octanol–water partition coefficient (Wildman–Crippen LogP) is -0.420. The minimum atomic E-state index is -3.35. The molecular weight excluding hydrogens is 272 g/mol. The molecule has 0 aliphatic carbocycles. The van der Waals surface area contributed by atoms with E-state index >= 15 is 0 Å². The fourth-order valence-corrected chi connectivity index (χ4v) is 2.80. The molecule has 108 valence electrons. The minimum Gasteiger partial charge on any atom is -0.464 e. The summed E-state index contributed by atoms with van der Waals surface area (Å²) in [6, 6.07) is 0. The lowest BCUT2D eigenvalue weighted by molar-refractivity contribution is 0.0596. The normalized spacial score (nSPS) is 12.4. The summed E-state index contributed by atoms with van der Waals surface area (Å²) in [4.78, 5) is 15.2. The molecule has 1 rings (SSSR count). The van der Waals surface area contributed by atoms with Crippen molar-refractivity contribution in [3.05, 3.63) is 12.0 Å². The highest BCUT2D eigenvalue weighted by Gasteiger charge is 2.25. The van der Waals surface area contributed by atoms with Crippen LogP contribution in [0.4, 0.5) is 5.82 Å². The van der Waals surface area contributed by atoms with Gasteiger partial charge in [0.1, 0.15) is 5.82 Å². The number of esters is 1. The molecule has 0 radical (unpaired) electrons. The van der Waals surface area contributed by atoms with Crippen LogP contribution in [0.1, 0.15) is 24.3 Å². The Balaban J connectivity index is 2.95. The first kappa shape index (κ1) is 15.4. The number of nitrogens with two attached hydrogens (primary N) is 1. The lowest BCUT2D eigenvalue weighted by Gasteiger charge is -2.25. The van der Waals surface area contributed by atoms with E-state index in [9.17, 15) is 13.2 Å². The van der Waals surface area contributed by atoms with E-state index in [-0.39, 0.29) is 18.1 Å². The monoisotopic (exact) mass is 290 g/mol. The van der Waals surface area contributed by atoms with Crippen molar-refractivity contribution in [1.29, 1.82) is 0 Å². The van der Waals surface area contributed by atoms with Crippen LogP contribution in [-0.2, 0) is 21.3 Å². The molecule has 0 saturated carbocycles. The zero-order chi connectivity index (χ0) is 14.8. The maximum atomic E-state index is 11.4. The van der Waals surface area contributed by atoms with Gasteiger partial charge in [0.25, 0.3) is 0 Å². The molecule has 9 heteroatoms. The number of imidazole rings is 1. The lowest BCUT2D eigenvalue weighted by atomic mass is 10.1. The molecule has 19 heavy (non-hydrogen) atoms. The summed E-state index contributed by atoms with van der Waals surface area (Å²) in [5, 5.41) is 0. The van der Waals surface area contributed by atoms with Crippen LogP contribution in [0.5, 0.6) is 0 Å². The van der Waals surface area contributed by atoms with Gasteiger partial charge >= 0.3 is 5.97 Å². The average Bonchev–Trinajstić information content (AvgIpc) is 2.55. The van der Waals surface area contributed by atoms with Crippen LogP contribution in [0.3, 0.4) is 0 Å². The quantitative estimate of drug-likeness (QED) is 0.711. The fourth-order valence-electron chi connectivity index (χ4n) is 1.73. The highest BCUT2D eigenvalue weighted by molar-refractivity contribution is 7.88. The molecule has 0 amide bonds. The molecule has 0 spiro atoms. The van der Waals surface area contributed by atoms with Crippen molar-refractivity contribution in [3.8, 4) is 0 Å². The van der Waals surface area contributed by atoms with Gasteiger partial charge in [-0.15, -0.1) is 0 Å². The summed E-state index contributed by atoms with van der Waals surface area (Å²) in [5.74, 6) is -0.500. The van der Waals surface area contributed by atoms with Crippen LogP contribution in [-0.4, -0.2) is 42.8 Å². The van der Waals surface area contributed by atoms with E-state index < -0.39 is 21.5 Å². The second kappa shape index (κ2) is 5.17. The van der Waals surface area contributed by atoms with Crippen molar-refractivity contribution >= 4 is 21.8 Å². The molecular formula is C10H18N4O4S. The first-order valence-electron chi connectivity index (χ1n) is 5.43. The van der Waals surface area contributed by atoms with Crippen LogP contribution < -0.4 is 10.5 Å². The number of hydrogen-bond donors (Lipinski definition) is 2. The van der Waals surface area contributed by atoms with E-state index in [0.29, 0.717) is 0 Å². The van der Waals surface area contributed by atoms with Gasteiger partial charge in [-0.2, -0.15) is 0 Å². The Labute approximate surface area is 112 Å². The fraction of sp³-hybridized carbons (Fsp3) is 0.600. The van der Waals surface area contributed by atoms with E-state index in [1.54, 1.807) is 13.8 Å². The van der Waals surface area contributed by atoms with Gasteiger partial charge in [0.15, 0.2) is 5.69 Å². The Morgan fingerprint density at radius 3 is 2.63 bits per heavy atom. The predicted molar refractivity (Wildman–Crippen MR) is 70.0 cm³/mol. The zero-order valence-electron chi connectivity index (χ0n) is 11.3. The molecule has 0 aromatic carbocycles. The topological polar surface area (TPSA) is 116 Å². The molecule has 0 aliphatic rings. The third kappa shape index (κ3) is 4.21. The molecule has 0 bridgehead atoms. The van der Waals surface area contributed by atoms with Crippen molar-refractivity contribution in [2.75, 3.05) is 19.1 Å². The number of sulfonamides is 1. The Morgan fingerprint density at radius 1 is 1.58 bits per heavy atom. The van der Waals surface area contributed by atoms with Crippen molar-refractivity contribution in [2.45, 2.75) is 25.9 Å². The van der Waals surface area contributed by atoms with E-state index in [1.165, 1.54) is 18.0 Å². The molecule has 0 aliphatic heterocycles. The lowest BCUT2D eigenvalue weighted by Crippen LogP contribution is -2.46. The standard InChI is InChI=1S/C10H18N4O4S/c1-10(2,13-19(4,16)17)5-14-6-12-7(8(14)11)9(15)18-3/h6,13H,5,11H2,1-4H3. The largest absolute Gasteiger partial charge is 0.464 e. The molecule has 3 N–H and O–H groups in total. The summed E-state index contributed by atoms with van der Waals surface area (Å²) in [6.45, 7) is 3.63. The van der Waals surface area contributed by atoms with E-state index in [0.717, 1.165) is 6.26 Å². The molecule has 0 unspecified atom stereocenters.